The number of alkyl halides is 12. The molecule has 0 unspecified atom stereocenters. The lowest BCUT2D eigenvalue weighted by molar-refractivity contribution is -0.280. The molecule has 0 amide bonds. The number of halogens is 12. The zero-order valence-electron chi connectivity index (χ0n) is 50.2. The molecule has 1 heterocycles. The van der Waals surface area contributed by atoms with Crippen LogP contribution in [-0.2, 0) is 93.7 Å². The Hall–Kier alpha value is -8.11. The first-order valence-electron chi connectivity index (χ1n) is 28.0. The van der Waals surface area contributed by atoms with Gasteiger partial charge in [0.2, 0.25) is 0 Å². The minimum atomic E-state index is -5.67. The maximum Gasteiger partial charge on any atom is 0.432 e. The topological polar surface area (TPSA) is 178 Å². The summed E-state index contributed by atoms with van der Waals surface area (Å²) in [7, 11) is 3.21. The fraction of sp³-hybridized carbons (Fsp3) is 0.400. The second-order valence-electron chi connectivity index (χ2n) is 20.4. The normalized spacial score (nSPS) is 23.9. The molecule has 92 heavy (non-hydrogen) atoms. The Morgan fingerprint density at radius 2 is 0.804 bits per heavy atom. The Balaban J connectivity index is 1.75. The van der Waals surface area contributed by atoms with Crippen molar-refractivity contribution in [3.05, 3.63) is 204 Å². The Bertz CT molecular complexity index is 3190. The number of carbonyl (C=O) groups excluding carboxylic acids is 5. The third kappa shape index (κ3) is 17.1. The minimum Gasteiger partial charge on any atom is -0.460 e. The smallest absolute Gasteiger partial charge is 0.432 e. The fourth-order valence-corrected chi connectivity index (χ4v) is 9.93. The van der Waals surface area contributed by atoms with Crippen molar-refractivity contribution < 1.29 is 124 Å². The second-order valence-corrected chi connectivity index (χ2v) is 20.4. The molecule has 500 valence electrons. The van der Waals surface area contributed by atoms with E-state index < -0.39 is 162 Å². The SMILES string of the molecule is CO[C@@H]1/C=C/[C@H](OC(=O)[C@](OC)(c2ccccc2)C(F)(F)F)C[C@@H](OC(=O)[C@](OC)(c2ccccc2)C(F)(F)F)C/C=C\C=C\[C@@H](OC(=O)[C@](OC)(c2ccccc2)C(F)(F)F)C/C=C/C=C\C(=O)O[C@H](C)CCC[C@@H]1OC(=O)[C@](OC)(c1ccccc1)C(F)(F)F. The summed E-state index contributed by atoms with van der Waals surface area (Å²) in [5, 5.41) is 0. The summed E-state index contributed by atoms with van der Waals surface area (Å²) in [5.74, 6) is -9.35. The van der Waals surface area contributed by atoms with Gasteiger partial charge in [-0.2, -0.15) is 52.7 Å². The second kappa shape index (κ2) is 32.4. The van der Waals surface area contributed by atoms with E-state index in [1.807, 2.05) is 0 Å². The Kier molecular flexibility index (Phi) is 26.3. The lowest BCUT2D eigenvalue weighted by Crippen LogP contribution is -2.53. The molecule has 1 aliphatic heterocycles. The summed E-state index contributed by atoms with van der Waals surface area (Å²) in [6, 6.07) is 21.8. The van der Waals surface area contributed by atoms with E-state index in [9.17, 15) is 24.0 Å². The van der Waals surface area contributed by atoms with E-state index in [1.54, 1.807) is 0 Å². The molecule has 0 saturated heterocycles. The average molecular weight is 1320 g/mol. The van der Waals surface area contributed by atoms with Crippen LogP contribution in [0.5, 0.6) is 0 Å². The molecule has 0 spiro atoms. The minimum absolute atomic E-state index is 0.124. The first-order valence-corrected chi connectivity index (χ1v) is 28.0. The van der Waals surface area contributed by atoms with Crippen LogP contribution in [0.3, 0.4) is 0 Å². The van der Waals surface area contributed by atoms with Gasteiger partial charge in [-0.1, -0.05) is 164 Å². The third-order valence-corrected chi connectivity index (χ3v) is 14.6. The van der Waals surface area contributed by atoms with Crippen LogP contribution in [-0.4, -0.2) is 127 Å². The van der Waals surface area contributed by atoms with Gasteiger partial charge >= 0.3 is 54.6 Å². The van der Waals surface area contributed by atoms with Crippen molar-refractivity contribution in [2.75, 3.05) is 35.5 Å². The number of hydrogen-bond acceptors (Lipinski definition) is 15. The molecule has 0 saturated carbocycles. The van der Waals surface area contributed by atoms with Crippen molar-refractivity contribution in [1.29, 1.82) is 0 Å². The molecule has 1 aliphatic rings. The van der Waals surface area contributed by atoms with Gasteiger partial charge in [0.05, 0.1) is 6.10 Å². The van der Waals surface area contributed by atoms with Crippen LogP contribution < -0.4 is 0 Å². The van der Waals surface area contributed by atoms with E-state index in [-0.39, 0.29) is 12.8 Å². The van der Waals surface area contributed by atoms with E-state index in [0.29, 0.717) is 28.4 Å². The monoisotopic (exact) mass is 1310 g/mol. The largest absolute Gasteiger partial charge is 0.460 e. The number of esters is 5. The van der Waals surface area contributed by atoms with Crippen molar-refractivity contribution in [2.45, 2.75) is 129 Å². The molecule has 0 N–H and O–H groups in total. The van der Waals surface area contributed by atoms with Gasteiger partial charge < -0.3 is 47.4 Å². The Morgan fingerprint density at radius 3 is 1.20 bits per heavy atom. The molecule has 0 fully saturated rings. The summed E-state index contributed by atoms with van der Waals surface area (Å²) in [5.41, 5.74) is -18.5. The molecular formula is C65H66F12O15. The fourth-order valence-electron chi connectivity index (χ4n) is 9.93. The molecule has 15 nitrogen and oxygen atoms in total. The van der Waals surface area contributed by atoms with E-state index in [2.05, 4.69) is 0 Å². The highest BCUT2D eigenvalue weighted by Crippen LogP contribution is 2.48. The summed E-state index contributed by atoms with van der Waals surface area (Å²) in [4.78, 5) is 69.9. The van der Waals surface area contributed by atoms with Gasteiger partial charge in [-0.05, 0) is 38.3 Å². The summed E-state index contributed by atoms with van der Waals surface area (Å²) in [6.45, 7) is 1.41. The van der Waals surface area contributed by atoms with Crippen molar-refractivity contribution in [1.82, 2.24) is 0 Å². The lowest BCUT2D eigenvalue weighted by atomic mass is 9.92. The van der Waals surface area contributed by atoms with Gasteiger partial charge in [-0.25, -0.2) is 24.0 Å². The van der Waals surface area contributed by atoms with Gasteiger partial charge in [0.15, 0.2) is 0 Å². The molecule has 0 aromatic heterocycles. The maximum absolute atomic E-state index is 15.5. The van der Waals surface area contributed by atoms with Crippen LogP contribution in [0.15, 0.2) is 182 Å². The zero-order valence-corrected chi connectivity index (χ0v) is 50.2. The predicted molar refractivity (Wildman–Crippen MR) is 304 cm³/mol. The Labute approximate surface area is 521 Å². The van der Waals surface area contributed by atoms with Crippen LogP contribution in [0.2, 0.25) is 0 Å². The summed E-state index contributed by atoms with van der Waals surface area (Å²) < 4.78 is 237. The highest BCUT2D eigenvalue weighted by atomic mass is 19.4. The van der Waals surface area contributed by atoms with Gasteiger partial charge in [0.25, 0.3) is 22.4 Å². The standard InChI is InChI=1S/C65H66F12O15/c1-43-26-25-38-52(92-57(82)61(87-6,65(75,76)77)47-33-19-10-20-34-47)51(83-2)41-40-50(91-56(81)60(86-5,64(72,73)74)46-31-17-9-18-32-46)42-49(90-55(80)59(85-4,63(69,70)71)45-29-15-8-16-30-45)37-23-11-21-35-48(36-22-12-24-39-53(78)88-43)89-54(79)58(84-3,62(66,67)68)44-27-13-7-14-28-44/h7-24,27-35,39-41,43,48-52H,25-26,36-38,42H2,1-6H3/b22-12+,23-11-,35-21+,39-24-,41-40+/t43-,48-,49+,50+,51-,52+,58-,59-,60-,61-/m1/s1. The highest BCUT2D eigenvalue weighted by Gasteiger charge is 2.68. The van der Waals surface area contributed by atoms with Crippen LogP contribution in [0.25, 0.3) is 0 Å². The molecule has 27 heteroatoms. The van der Waals surface area contributed by atoms with E-state index in [1.165, 1.54) is 67.6 Å². The number of methoxy groups -OCH3 is 5. The molecule has 4 aromatic rings. The van der Waals surface area contributed by atoms with Gasteiger partial charge in [0, 0.05) is 83.1 Å². The van der Waals surface area contributed by atoms with Crippen molar-refractivity contribution >= 4 is 29.8 Å². The van der Waals surface area contributed by atoms with Gasteiger partial charge in [-0.15, -0.1) is 0 Å². The number of rotatable bonds is 17. The Morgan fingerprint density at radius 1 is 0.435 bits per heavy atom. The first-order chi connectivity index (χ1) is 43.4. The van der Waals surface area contributed by atoms with E-state index in [0.717, 1.165) is 129 Å². The van der Waals surface area contributed by atoms with Gasteiger partial charge in [-0.3, -0.25) is 0 Å². The third-order valence-electron chi connectivity index (χ3n) is 14.6. The lowest BCUT2D eigenvalue weighted by Gasteiger charge is -2.35. The van der Waals surface area contributed by atoms with E-state index >= 15 is 52.7 Å². The molecular weight excluding hydrogens is 1250 g/mol. The summed E-state index contributed by atoms with van der Waals surface area (Å²) >= 11 is 0. The summed E-state index contributed by atoms with van der Waals surface area (Å²) in [6.07, 6.45) is -25.4. The molecule has 5 rings (SSSR count). The molecule has 0 radical (unpaired) electrons. The molecule has 0 aliphatic carbocycles. The zero-order chi connectivity index (χ0) is 68.2. The molecule has 4 aromatic carbocycles. The molecule has 10 atom stereocenters. The van der Waals surface area contributed by atoms with Crippen LogP contribution >= 0.6 is 0 Å². The predicted octanol–water partition coefficient (Wildman–Crippen LogP) is 13.1. The van der Waals surface area contributed by atoms with E-state index in [4.69, 9.17) is 47.4 Å². The van der Waals surface area contributed by atoms with Crippen molar-refractivity contribution in [3.63, 3.8) is 0 Å². The van der Waals surface area contributed by atoms with Crippen LogP contribution in [0.1, 0.15) is 67.7 Å². The molecule has 0 bridgehead atoms. The van der Waals surface area contributed by atoms with Crippen molar-refractivity contribution in [2.24, 2.45) is 0 Å². The first kappa shape index (κ1) is 74.6. The van der Waals surface area contributed by atoms with Gasteiger partial charge in [0.1, 0.15) is 30.5 Å². The highest BCUT2D eigenvalue weighted by molar-refractivity contribution is 5.85. The number of benzene rings is 4. The number of ether oxygens (including phenoxy) is 10. The van der Waals surface area contributed by atoms with Crippen LogP contribution in [0, 0.1) is 0 Å². The maximum atomic E-state index is 15.5. The average Bonchev–Trinajstić information content (AvgIpc) is 0.797. The van der Waals surface area contributed by atoms with Crippen molar-refractivity contribution in [3.8, 4) is 0 Å². The quantitative estimate of drug-likeness (QED) is 0.0422. The number of cyclic esters (lactones) is 1. The number of carbonyl (C=O) groups is 5. The number of allylic oxidation sites excluding steroid dienone is 4. The number of hydrogen-bond donors (Lipinski definition) is 0. The van der Waals surface area contributed by atoms with Crippen LogP contribution in [0.4, 0.5) is 52.7 Å².